The Morgan fingerprint density at radius 3 is 2.50 bits per heavy atom. The van der Waals surface area contributed by atoms with Gasteiger partial charge in [-0.25, -0.2) is 4.79 Å². The van der Waals surface area contributed by atoms with Crippen LogP contribution in [0.2, 0.25) is 6.04 Å². The number of esters is 1. The highest BCUT2D eigenvalue weighted by Gasteiger charge is 2.18. The fraction of sp³-hybridized carbons (Fsp3) is 0.727. The molecule has 0 saturated carbocycles. The van der Waals surface area contributed by atoms with Crippen molar-refractivity contribution < 1.29 is 9.53 Å². The average Bonchev–Trinajstić information content (AvgIpc) is 2.16. The summed E-state index contributed by atoms with van der Waals surface area (Å²) in [5, 5.41) is 0. The second-order valence-electron chi connectivity index (χ2n) is 3.93. The molecule has 0 fully saturated rings. The zero-order valence-corrected chi connectivity index (χ0v) is 12.6. The number of rotatable bonds is 8. The molecule has 0 aromatic rings. The van der Waals surface area contributed by atoms with E-state index in [-0.39, 0.29) is 12.1 Å². The Labute approximate surface area is 109 Å². The second kappa shape index (κ2) is 9.08. The van der Waals surface area contributed by atoms with Crippen molar-refractivity contribution in [3.63, 3.8) is 0 Å². The minimum atomic E-state index is -1.73. The van der Waals surface area contributed by atoms with Crippen molar-refractivity contribution in [3.05, 3.63) is 12.2 Å². The highest BCUT2D eigenvalue weighted by Crippen LogP contribution is 2.17. The molecule has 0 N–H and O–H groups in total. The molecule has 0 aliphatic heterocycles. The Balaban J connectivity index is 4.09. The summed E-state index contributed by atoms with van der Waals surface area (Å²) in [6.07, 6.45) is 4.03. The van der Waals surface area contributed by atoms with Gasteiger partial charge in [-0.3, -0.25) is 0 Å². The maximum atomic E-state index is 11.4. The molecule has 0 rings (SSSR count). The van der Waals surface area contributed by atoms with Crippen LogP contribution in [0.25, 0.3) is 0 Å². The first-order valence-electron chi connectivity index (χ1n) is 5.62. The molecule has 1 unspecified atom stereocenters. The van der Waals surface area contributed by atoms with E-state index in [4.69, 9.17) is 26.9 Å². The molecule has 16 heavy (non-hydrogen) atoms. The third-order valence-electron chi connectivity index (χ3n) is 2.19. The minimum Gasteiger partial charge on any atom is -0.459 e. The summed E-state index contributed by atoms with van der Waals surface area (Å²) in [5.41, 5.74) is 0.419. The van der Waals surface area contributed by atoms with Crippen molar-refractivity contribution in [1.82, 2.24) is 0 Å². The molecule has 5 heteroatoms. The van der Waals surface area contributed by atoms with Crippen LogP contribution in [0.3, 0.4) is 0 Å². The molecule has 0 saturated heterocycles. The number of carbonyl (C=O) groups is 1. The molecule has 0 bridgehead atoms. The quantitative estimate of drug-likeness (QED) is 0.223. The maximum absolute atomic E-state index is 11.4. The lowest BCUT2D eigenvalue weighted by atomic mass is 10.1. The van der Waals surface area contributed by atoms with Crippen LogP contribution in [0.1, 0.15) is 39.5 Å². The molecule has 0 heterocycles. The first-order valence-corrected chi connectivity index (χ1v) is 9.92. The van der Waals surface area contributed by atoms with Gasteiger partial charge in [-0.15, -0.1) is 0 Å². The summed E-state index contributed by atoms with van der Waals surface area (Å²) in [5.74, 6) is -0.343. The predicted molar refractivity (Wildman–Crippen MR) is 72.5 cm³/mol. The molecule has 94 valence electrons. The third-order valence-corrected chi connectivity index (χ3v) is 4.14. The van der Waals surface area contributed by atoms with Gasteiger partial charge in [-0.2, -0.15) is 22.2 Å². The minimum absolute atomic E-state index is 0.137. The highest BCUT2D eigenvalue weighted by molar-refractivity contribution is 7.33. The van der Waals surface area contributed by atoms with Gasteiger partial charge in [0.15, 0.2) is 0 Å². The molecule has 0 amide bonds. The number of carbonyl (C=O) groups excluding carboxylic acids is 1. The van der Waals surface area contributed by atoms with E-state index < -0.39 is 7.42 Å². The SMILES string of the molecule is C=C(C)C(=O)OC(CCCCC)C[SiH](Cl)Cl. The third kappa shape index (κ3) is 8.19. The van der Waals surface area contributed by atoms with Gasteiger partial charge < -0.3 is 4.74 Å². The summed E-state index contributed by atoms with van der Waals surface area (Å²) in [4.78, 5) is 11.4. The van der Waals surface area contributed by atoms with Gasteiger partial charge in [-0.05, 0) is 19.8 Å². The predicted octanol–water partition coefficient (Wildman–Crippen LogP) is 3.75. The van der Waals surface area contributed by atoms with Crippen molar-refractivity contribution >= 4 is 35.5 Å². The van der Waals surface area contributed by atoms with E-state index in [0.717, 1.165) is 25.7 Å². The van der Waals surface area contributed by atoms with Crippen molar-refractivity contribution in [2.24, 2.45) is 0 Å². The number of ether oxygens (including phenoxy) is 1. The molecule has 0 aromatic heterocycles. The van der Waals surface area contributed by atoms with E-state index in [1.165, 1.54) is 0 Å². The molecule has 0 spiro atoms. The summed E-state index contributed by atoms with van der Waals surface area (Å²) in [7, 11) is -1.73. The van der Waals surface area contributed by atoms with Crippen LogP contribution in [-0.4, -0.2) is 19.5 Å². The summed E-state index contributed by atoms with van der Waals surface area (Å²) >= 11 is 11.7. The van der Waals surface area contributed by atoms with Crippen molar-refractivity contribution in [1.29, 1.82) is 0 Å². The van der Waals surface area contributed by atoms with Crippen LogP contribution in [-0.2, 0) is 9.53 Å². The van der Waals surface area contributed by atoms with Crippen LogP contribution >= 0.6 is 22.2 Å². The molecular weight excluding hydrogens is 263 g/mol. The first kappa shape index (κ1) is 16.0. The molecule has 1 atom stereocenters. The van der Waals surface area contributed by atoms with Gasteiger partial charge in [0, 0.05) is 11.6 Å². The van der Waals surface area contributed by atoms with Crippen molar-refractivity contribution in [3.8, 4) is 0 Å². The van der Waals surface area contributed by atoms with E-state index >= 15 is 0 Å². The zero-order chi connectivity index (χ0) is 12.6. The Hall–Kier alpha value is 0.00688. The summed E-state index contributed by atoms with van der Waals surface area (Å²) < 4.78 is 5.30. The number of hydrogen-bond donors (Lipinski definition) is 0. The normalized spacial score (nSPS) is 12.6. The lowest BCUT2D eigenvalue weighted by Gasteiger charge is -2.17. The summed E-state index contributed by atoms with van der Waals surface area (Å²) in [6, 6.07) is 0.617. The van der Waals surface area contributed by atoms with E-state index in [0.29, 0.717) is 11.6 Å². The first-order chi connectivity index (χ1) is 7.47. The highest BCUT2D eigenvalue weighted by atomic mass is 35.7. The van der Waals surface area contributed by atoms with E-state index in [9.17, 15) is 4.79 Å². The number of hydrogen-bond acceptors (Lipinski definition) is 2. The Bertz CT molecular complexity index is 232. The lowest BCUT2D eigenvalue weighted by Crippen LogP contribution is -2.21. The second-order valence-corrected chi connectivity index (χ2v) is 9.01. The van der Waals surface area contributed by atoms with Crippen molar-refractivity contribution in [2.75, 3.05) is 0 Å². The lowest BCUT2D eigenvalue weighted by molar-refractivity contribution is -0.143. The Kier molecular flexibility index (Phi) is 9.08. The Morgan fingerprint density at radius 1 is 1.44 bits per heavy atom. The molecule has 2 nitrogen and oxygen atoms in total. The Morgan fingerprint density at radius 2 is 2.06 bits per heavy atom. The van der Waals surface area contributed by atoms with Gasteiger partial charge in [-0.1, -0.05) is 26.3 Å². The van der Waals surface area contributed by atoms with Crippen LogP contribution in [0, 0.1) is 0 Å². The molecule has 0 aliphatic rings. The average molecular weight is 283 g/mol. The van der Waals surface area contributed by atoms with E-state index in [1.807, 2.05) is 0 Å². The van der Waals surface area contributed by atoms with Crippen LogP contribution in [0.5, 0.6) is 0 Å². The number of unbranched alkanes of at least 4 members (excludes halogenated alkanes) is 2. The number of halogens is 2. The van der Waals surface area contributed by atoms with Crippen LogP contribution in [0.15, 0.2) is 12.2 Å². The zero-order valence-electron chi connectivity index (χ0n) is 9.97. The maximum Gasteiger partial charge on any atom is 0.333 e. The standard InChI is InChI=1S/C11H20Cl2O2Si/c1-4-5-6-7-10(8-16(12)13)15-11(14)9(2)3/h10,16H,2,4-8H2,1,3H3. The van der Waals surface area contributed by atoms with Gasteiger partial charge in [0.25, 0.3) is 0 Å². The molecule has 0 aliphatic carbocycles. The van der Waals surface area contributed by atoms with Crippen molar-refractivity contribution in [2.45, 2.75) is 51.7 Å². The largest absolute Gasteiger partial charge is 0.459 e. The van der Waals surface area contributed by atoms with Gasteiger partial charge in [0.2, 0.25) is 7.42 Å². The van der Waals surface area contributed by atoms with Gasteiger partial charge in [0.05, 0.1) is 0 Å². The fourth-order valence-electron chi connectivity index (χ4n) is 1.30. The van der Waals surface area contributed by atoms with Gasteiger partial charge >= 0.3 is 5.97 Å². The fourth-order valence-corrected chi connectivity index (χ4v) is 3.22. The van der Waals surface area contributed by atoms with E-state index in [1.54, 1.807) is 6.92 Å². The topological polar surface area (TPSA) is 26.3 Å². The molecule has 0 radical (unpaired) electrons. The molecule has 0 aromatic carbocycles. The molecular formula is C11H20Cl2O2Si. The van der Waals surface area contributed by atoms with Gasteiger partial charge in [0.1, 0.15) is 6.10 Å². The summed E-state index contributed by atoms with van der Waals surface area (Å²) in [6.45, 7) is 7.33. The van der Waals surface area contributed by atoms with Crippen LogP contribution < -0.4 is 0 Å². The monoisotopic (exact) mass is 282 g/mol. The van der Waals surface area contributed by atoms with E-state index in [2.05, 4.69) is 13.5 Å². The smallest absolute Gasteiger partial charge is 0.333 e. The van der Waals surface area contributed by atoms with Crippen LogP contribution in [0.4, 0.5) is 0 Å².